The number of carbonyl (C=O) groups excluding carboxylic acids is 1. The van der Waals surface area contributed by atoms with Crippen molar-refractivity contribution in [2.75, 3.05) is 13.7 Å². The second-order valence-corrected chi connectivity index (χ2v) is 3.57. The predicted octanol–water partition coefficient (Wildman–Crippen LogP) is 0.300. The lowest BCUT2D eigenvalue weighted by molar-refractivity contribution is -0.799. The highest BCUT2D eigenvalue weighted by molar-refractivity contribution is 5.90. The number of nitrogens with zero attached hydrogens (tertiary/aromatic N) is 2. The maximum atomic E-state index is 11.8. The Morgan fingerprint density at radius 3 is 2.55 bits per heavy atom. The van der Waals surface area contributed by atoms with Gasteiger partial charge in [-0.3, -0.25) is 4.84 Å². The van der Waals surface area contributed by atoms with Gasteiger partial charge in [-0.2, -0.15) is 0 Å². The first-order valence-corrected chi connectivity index (χ1v) is 5.50. The first-order chi connectivity index (χ1) is 10.3. The lowest BCUT2D eigenvalue weighted by atomic mass is 10.2. The molecule has 22 heavy (non-hydrogen) atoms. The zero-order chi connectivity index (χ0) is 16.7. The zero-order valence-corrected chi connectivity index (χ0v) is 11.0. The van der Waals surface area contributed by atoms with Crippen molar-refractivity contribution >= 4 is 5.97 Å². The average molecular weight is 318 g/mol. The molecule has 0 aliphatic carbocycles. The van der Waals surface area contributed by atoms with Crippen LogP contribution >= 0.6 is 0 Å². The van der Waals surface area contributed by atoms with Crippen LogP contribution < -0.4 is 4.74 Å². The Morgan fingerprint density at radius 2 is 2.00 bits per heavy atom. The maximum absolute atomic E-state index is 11.8. The number of esters is 1. The molecule has 0 bridgehead atoms. The van der Waals surface area contributed by atoms with E-state index in [0.29, 0.717) is 0 Å². The van der Waals surface area contributed by atoms with Gasteiger partial charge in [-0.25, -0.2) is 4.79 Å². The van der Waals surface area contributed by atoms with Gasteiger partial charge in [-0.1, -0.05) is 0 Å². The number of hydrogen-bond acceptors (Lipinski definition) is 10. The van der Waals surface area contributed by atoms with Crippen LogP contribution in [0.4, 0.5) is 0 Å². The summed E-state index contributed by atoms with van der Waals surface area (Å²) in [6, 6.07) is 3.39. The van der Waals surface area contributed by atoms with Crippen LogP contribution in [0.25, 0.3) is 0 Å². The summed E-state index contributed by atoms with van der Waals surface area (Å²) in [7, 11) is 1.24. The molecule has 0 amide bonds. The highest BCUT2D eigenvalue weighted by Crippen LogP contribution is 2.26. The van der Waals surface area contributed by atoms with Gasteiger partial charge in [0, 0.05) is 0 Å². The first-order valence-electron chi connectivity index (χ1n) is 5.50. The Hall–Kier alpha value is -3.31. The summed E-state index contributed by atoms with van der Waals surface area (Å²) in [6.07, 6.45) is -1.94. The van der Waals surface area contributed by atoms with E-state index in [1.165, 1.54) is 7.11 Å². The molecule has 0 radical (unpaired) electrons. The largest absolute Gasteiger partial charge is 0.504 e. The van der Waals surface area contributed by atoms with Crippen molar-refractivity contribution in [3.05, 3.63) is 44.0 Å². The standard InChI is InChI=1S/C10H10N2O10/c1-19-8-4-6(2-3-7(8)13)10(14)21-9(22-12(17)18)5-20-11(15)16/h2-4,9,13H,5H2,1H3. The summed E-state index contributed by atoms with van der Waals surface area (Å²) in [5, 5.41) is 27.1. The smallest absolute Gasteiger partial charge is 0.340 e. The number of ether oxygens (including phenoxy) is 2. The number of hydrogen-bond donors (Lipinski definition) is 1. The fourth-order valence-electron chi connectivity index (χ4n) is 1.30. The quantitative estimate of drug-likeness (QED) is 0.305. The highest BCUT2D eigenvalue weighted by atomic mass is 17.0. The van der Waals surface area contributed by atoms with Crippen molar-refractivity contribution in [2.24, 2.45) is 0 Å². The number of methoxy groups -OCH3 is 1. The summed E-state index contributed by atoms with van der Waals surface area (Å²) in [5.41, 5.74) is -0.132. The first kappa shape index (κ1) is 16.7. The van der Waals surface area contributed by atoms with Gasteiger partial charge in [0.25, 0.3) is 16.5 Å². The topological polar surface area (TPSA) is 160 Å². The Bertz CT molecular complexity index is 575. The molecule has 0 fully saturated rings. The lowest BCUT2D eigenvalue weighted by Crippen LogP contribution is -2.30. The number of carbonyl (C=O) groups is 1. The molecule has 12 nitrogen and oxygen atoms in total. The number of phenols is 1. The van der Waals surface area contributed by atoms with Crippen LogP contribution in [0.1, 0.15) is 10.4 Å². The minimum absolute atomic E-state index is 0.0391. The van der Waals surface area contributed by atoms with Crippen LogP contribution in [0.5, 0.6) is 11.5 Å². The molecule has 0 spiro atoms. The van der Waals surface area contributed by atoms with E-state index in [1.54, 1.807) is 0 Å². The van der Waals surface area contributed by atoms with Crippen LogP contribution in [0.3, 0.4) is 0 Å². The Balaban J connectivity index is 2.80. The normalized spacial score (nSPS) is 11.1. The lowest BCUT2D eigenvalue weighted by Gasteiger charge is -2.14. The number of benzene rings is 1. The van der Waals surface area contributed by atoms with Crippen molar-refractivity contribution in [2.45, 2.75) is 6.29 Å². The minimum atomic E-state index is -1.94. The van der Waals surface area contributed by atoms with E-state index in [2.05, 4.69) is 14.4 Å². The highest BCUT2D eigenvalue weighted by Gasteiger charge is 2.22. The van der Waals surface area contributed by atoms with Crippen LogP contribution in [0.15, 0.2) is 18.2 Å². The fourth-order valence-corrected chi connectivity index (χ4v) is 1.30. The van der Waals surface area contributed by atoms with Gasteiger partial charge in [0.05, 0.1) is 12.7 Å². The molecule has 0 saturated carbocycles. The average Bonchev–Trinajstić information content (AvgIpc) is 2.44. The van der Waals surface area contributed by atoms with Crippen molar-refractivity contribution in [1.82, 2.24) is 0 Å². The van der Waals surface area contributed by atoms with E-state index in [-0.39, 0.29) is 17.1 Å². The van der Waals surface area contributed by atoms with E-state index < -0.39 is 29.0 Å². The van der Waals surface area contributed by atoms with E-state index in [4.69, 9.17) is 4.74 Å². The van der Waals surface area contributed by atoms with E-state index >= 15 is 0 Å². The third kappa shape index (κ3) is 4.99. The monoisotopic (exact) mass is 318 g/mol. The molecule has 0 saturated heterocycles. The number of rotatable bonds is 8. The molecule has 0 aromatic heterocycles. The molecule has 1 aromatic rings. The maximum Gasteiger partial charge on any atom is 0.340 e. The molecule has 1 rings (SSSR count). The van der Waals surface area contributed by atoms with E-state index in [1.807, 2.05) is 0 Å². The van der Waals surface area contributed by atoms with Gasteiger partial charge in [-0.15, -0.1) is 20.2 Å². The summed E-state index contributed by atoms with van der Waals surface area (Å²) >= 11 is 0. The number of aromatic hydroxyl groups is 1. The second kappa shape index (κ2) is 7.47. The Labute approximate surface area is 122 Å². The molecule has 0 aliphatic heterocycles. The fraction of sp³-hybridized carbons (Fsp3) is 0.300. The van der Waals surface area contributed by atoms with Gasteiger partial charge in [0.1, 0.15) is 0 Å². The van der Waals surface area contributed by atoms with Crippen LogP contribution in [-0.4, -0.2) is 41.3 Å². The molecule has 1 aromatic carbocycles. The molecule has 1 N–H and O–H groups in total. The summed E-state index contributed by atoms with van der Waals surface area (Å²) in [4.78, 5) is 39.8. The molecular formula is C10H10N2O10. The van der Waals surface area contributed by atoms with Crippen LogP contribution in [0.2, 0.25) is 0 Å². The van der Waals surface area contributed by atoms with Crippen LogP contribution in [-0.2, 0) is 14.4 Å². The van der Waals surface area contributed by atoms with Crippen molar-refractivity contribution in [1.29, 1.82) is 0 Å². The molecule has 0 aliphatic rings. The number of phenolic OH excluding ortho intramolecular Hbond substituents is 1. The molecular weight excluding hydrogens is 308 g/mol. The molecule has 1 unspecified atom stereocenters. The summed E-state index contributed by atoms with van der Waals surface area (Å²) in [6.45, 7) is -0.991. The minimum Gasteiger partial charge on any atom is -0.504 e. The van der Waals surface area contributed by atoms with Gasteiger partial charge in [-0.05, 0) is 18.2 Å². The van der Waals surface area contributed by atoms with Gasteiger partial charge in [0.2, 0.25) is 0 Å². The molecule has 12 heteroatoms. The third-order valence-electron chi connectivity index (χ3n) is 2.17. The van der Waals surface area contributed by atoms with E-state index in [0.717, 1.165) is 18.2 Å². The van der Waals surface area contributed by atoms with Crippen molar-refractivity contribution in [3.8, 4) is 11.5 Å². The second-order valence-electron chi connectivity index (χ2n) is 3.57. The summed E-state index contributed by atoms with van der Waals surface area (Å²) < 4.78 is 9.34. The predicted molar refractivity (Wildman–Crippen MR) is 64.9 cm³/mol. The Morgan fingerprint density at radius 1 is 1.32 bits per heavy atom. The van der Waals surface area contributed by atoms with Gasteiger partial charge >= 0.3 is 5.97 Å². The Kier molecular flexibility index (Phi) is 5.68. The van der Waals surface area contributed by atoms with Gasteiger partial charge < -0.3 is 19.4 Å². The summed E-state index contributed by atoms with van der Waals surface area (Å²) in [5.74, 6) is -1.38. The SMILES string of the molecule is COc1cc(C(=O)OC(CO[N+](=O)[O-])O[N+](=O)[O-])ccc1O. The third-order valence-corrected chi connectivity index (χ3v) is 2.17. The van der Waals surface area contributed by atoms with Gasteiger partial charge in [0.15, 0.2) is 18.1 Å². The molecule has 120 valence electrons. The van der Waals surface area contributed by atoms with Crippen molar-refractivity contribution in [3.63, 3.8) is 0 Å². The molecule has 1 atom stereocenters. The zero-order valence-electron chi connectivity index (χ0n) is 11.0. The molecule has 0 heterocycles. The van der Waals surface area contributed by atoms with Crippen molar-refractivity contribution < 1.29 is 39.2 Å². The van der Waals surface area contributed by atoms with Crippen LogP contribution in [0, 0.1) is 20.2 Å². The van der Waals surface area contributed by atoms with E-state index in [9.17, 15) is 30.1 Å².